The van der Waals surface area contributed by atoms with Gasteiger partial charge in [0.15, 0.2) is 0 Å². The third-order valence-electron chi connectivity index (χ3n) is 4.34. The highest BCUT2D eigenvalue weighted by Crippen LogP contribution is 2.43. The fraction of sp³-hybridized carbons (Fsp3) is 0.263. The quantitative estimate of drug-likeness (QED) is 0.839. The Morgan fingerprint density at radius 1 is 1.07 bits per heavy atom. The number of halogens is 3. The molecule has 8 heteroatoms. The normalized spacial score (nSPS) is 19.9. The van der Waals surface area contributed by atoms with E-state index in [4.69, 9.17) is 0 Å². The first-order valence-corrected chi connectivity index (χ1v) is 9.14. The maximum absolute atomic E-state index is 13.0. The number of carbonyl (C=O) groups excluding carboxylic acids is 1. The van der Waals surface area contributed by atoms with Gasteiger partial charge in [-0.05, 0) is 36.8 Å². The lowest BCUT2D eigenvalue weighted by molar-refractivity contribution is -0.141. The van der Waals surface area contributed by atoms with Crippen molar-refractivity contribution in [2.24, 2.45) is 0 Å². The molecular weight excluding hydrogens is 379 g/mol. The smallest absolute Gasteiger partial charge is 0.416 e. The minimum absolute atomic E-state index is 0.165. The summed E-state index contributed by atoms with van der Waals surface area (Å²) in [6.45, 7) is 1.87. The molecule has 1 N–H and O–H groups in total. The van der Waals surface area contributed by atoms with Crippen LogP contribution < -0.4 is 0 Å². The summed E-state index contributed by atoms with van der Waals surface area (Å²) < 4.78 is 38.3. The molecule has 2 aromatic carbocycles. The fourth-order valence-electron chi connectivity index (χ4n) is 2.88. The fourth-order valence-corrected chi connectivity index (χ4v) is 4.30. The Bertz CT molecular complexity index is 850. The molecule has 2 aromatic rings. The van der Waals surface area contributed by atoms with Gasteiger partial charge >= 0.3 is 12.1 Å². The van der Waals surface area contributed by atoms with Crippen molar-refractivity contribution in [3.8, 4) is 0 Å². The van der Waals surface area contributed by atoms with E-state index >= 15 is 0 Å². The monoisotopic (exact) mass is 395 g/mol. The number of nitrogens with zero attached hydrogens (tertiary/aromatic N) is 1. The Labute approximate surface area is 158 Å². The number of alkyl halides is 3. The zero-order valence-corrected chi connectivity index (χ0v) is 15.1. The van der Waals surface area contributed by atoms with Crippen LogP contribution in [-0.2, 0) is 11.0 Å². The van der Waals surface area contributed by atoms with Crippen LogP contribution in [0.3, 0.4) is 0 Å². The van der Waals surface area contributed by atoms with Gasteiger partial charge in [0.2, 0.25) is 0 Å². The summed E-state index contributed by atoms with van der Waals surface area (Å²) in [5, 5.41) is 8.82. The van der Waals surface area contributed by atoms with Crippen LogP contribution in [-0.4, -0.2) is 33.7 Å². The molecule has 0 aliphatic carbocycles. The van der Waals surface area contributed by atoms with Crippen LogP contribution in [0.4, 0.5) is 13.2 Å². The summed E-state index contributed by atoms with van der Waals surface area (Å²) in [7, 11) is 0. The number of amides is 1. The maximum atomic E-state index is 13.0. The van der Waals surface area contributed by atoms with Crippen molar-refractivity contribution in [2.45, 2.75) is 24.5 Å². The lowest BCUT2D eigenvalue weighted by atomic mass is 10.1. The number of carboxylic acids is 1. The van der Waals surface area contributed by atoms with Gasteiger partial charge in [-0.25, -0.2) is 4.79 Å². The molecule has 2 atom stereocenters. The molecule has 0 saturated carbocycles. The van der Waals surface area contributed by atoms with E-state index in [0.29, 0.717) is 11.1 Å². The minimum atomic E-state index is -4.46. The van der Waals surface area contributed by atoms with Crippen LogP contribution in [0.5, 0.6) is 0 Å². The molecule has 0 bridgehead atoms. The van der Waals surface area contributed by atoms with Crippen LogP contribution in [0, 0.1) is 6.92 Å². The van der Waals surface area contributed by atoms with Gasteiger partial charge < -0.3 is 10.0 Å². The highest BCUT2D eigenvalue weighted by molar-refractivity contribution is 7.99. The number of benzene rings is 2. The summed E-state index contributed by atoms with van der Waals surface area (Å²) in [5.74, 6) is -1.44. The van der Waals surface area contributed by atoms with Crippen LogP contribution in [0.15, 0.2) is 48.5 Å². The Balaban J connectivity index is 1.95. The van der Waals surface area contributed by atoms with Crippen LogP contribution in [0.1, 0.15) is 32.4 Å². The number of hydrogen-bond donors (Lipinski definition) is 1. The van der Waals surface area contributed by atoms with E-state index in [1.165, 1.54) is 28.8 Å². The van der Waals surface area contributed by atoms with Crippen molar-refractivity contribution in [3.63, 3.8) is 0 Å². The molecule has 1 heterocycles. The van der Waals surface area contributed by atoms with Crippen LogP contribution in [0.25, 0.3) is 0 Å². The predicted octanol–water partition coefficient (Wildman–Crippen LogP) is 4.35. The number of carbonyl (C=O) groups is 2. The van der Waals surface area contributed by atoms with Gasteiger partial charge in [-0.3, -0.25) is 4.79 Å². The standard InChI is InChI=1S/C19H16F3NO3S/c1-11-2-4-12(5-3-11)16(24)23-15(18(25)26)10-27-17(23)13-6-8-14(9-7-13)19(20,21)22/h2-9,15,17H,10H2,1H3,(H,25,26)/t15-,17-/m0/s1. The Morgan fingerprint density at radius 2 is 1.67 bits per heavy atom. The summed E-state index contributed by atoms with van der Waals surface area (Å²) in [5.41, 5.74) is 0.959. The number of rotatable bonds is 3. The zero-order chi connectivity index (χ0) is 19.8. The Kier molecular flexibility index (Phi) is 5.19. The molecular formula is C19H16F3NO3S. The van der Waals surface area contributed by atoms with Gasteiger partial charge in [0.05, 0.1) is 5.56 Å². The number of aliphatic carboxylic acids is 1. The summed E-state index contributed by atoms with van der Waals surface area (Å²) in [6, 6.07) is 10.2. The third kappa shape index (κ3) is 3.95. The molecule has 1 saturated heterocycles. The third-order valence-corrected chi connectivity index (χ3v) is 5.66. The minimum Gasteiger partial charge on any atom is -0.480 e. The van der Waals surface area contributed by atoms with Crippen molar-refractivity contribution in [2.75, 3.05) is 5.75 Å². The molecule has 0 spiro atoms. The molecule has 3 rings (SSSR count). The van der Waals surface area contributed by atoms with E-state index < -0.39 is 35.0 Å². The van der Waals surface area contributed by atoms with E-state index in [-0.39, 0.29) is 5.75 Å². The predicted molar refractivity (Wildman–Crippen MR) is 95.4 cm³/mol. The number of thioether (sulfide) groups is 1. The second kappa shape index (κ2) is 7.26. The van der Waals surface area contributed by atoms with E-state index in [1.54, 1.807) is 24.3 Å². The molecule has 1 fully saturated rings. The maximum Gasteiger partial charge on any atom is 0.416 e. The van der Waals surface area contributed by atoms with Gasteiger partial charge in [-0.2, -0.15) is 13.2 Å². The van der Waals surface area contributed by atoms with E-state index in [1.807, 2.05) is 6.92 Å². The molecule has 0 unspecified atom stereocenters. The first-order chi connectivity index (χ1) is 12.7. The van der Waals surface area contributed by atoms with E-state index in [0.717, 1.165) is 17.7 Å². The van der Waals surface area contributed by atoms with Crippen LogP contribution >= 0.6 is 11.8 Å². The molecule has 1 amide bonds. The average molecular weight is 395 g/mol. The first-order valence-electron chi connectivity index (χ1n) is 8.09. The van der Waals surface area contributed by atoms with Crippen LogP contribution in [0.2, 0.25) is 0 Å². The van der Waals surface area contributed by atoms with Gasteiger partial charge in [-0.1, -0.05) is 29.8 Å². The van der Waals surface area contributed by atoms with Crippen molar-refractivity contribution in [1.82, 2.24) is 4.90 Å². The van der Waals surface area contributed by atoms with Gasteiger partial charge in [0.25, 0.3) is 5.91 Å². The van der Waals surface area contributed by atoms with Gasteiger partial charge in [0.1, 0.15) is 11.4 Å². The molecule has 1 aliphatic rings. The lowest BCUT2D eigenvalue weighted by Gasteiger charge is -2.28. The number of hydrogen-bond acceptors (Lipinski definition) is 3. The second-order valence-electron chi connectivity index (χ2n) is 6.24. The molecule has 0 aromatic heterocycles. The zero-order valence-electron chi connectivity index (χ0n) is 14.2. The molecule has 142 valence electrons. The number of carboxylic acid groups (broad SMARTS) is 1. The van der Waals surface area contributed by atoms with Crippen molar-refractivity contribution >= 4 is 23.6 Å². The highest BCUT2D eigenvalue weighted by Gasteiger charge is 2.43. The summed E-state index contributed by atoms with van der Waals surface area (Å²) in [4.78, 5) is 25.8. The lowest BCUT2D eigenvalue weighted by Crippen LogP contribution is -2.43. The first kappa shape index (κ1) is 19.3. The Morgan fingerprint density at radius 3 is 2.19 bits per heavy atom. The largest absolute Gasteiger partial charge is 0.480 e. The van der Waals surface area contributed by atoms with Gasteiger partial charge in [-0.15, -0.1) is 11.8 Å². The molecule has 27 heavy (non-hydrogen) atoms. The van der Waals surface area contributed by atoms with E-state index in [2.05, 4.69) is 0 Å². The van der Waals surface area contributed by atoms with Crippen molar-refractivity contribution < 1.29 is 27.9 Å². The van der Waals surface area contributed by atoms with Gasteiger partial charge in [0, 0.05) is 11.3 Å². The SMILES string of the molecule is Cc1ccc(C(=O)N2[C@H](C(=O)O)CS[C@H]2c2ccc(C(F)(F)F)cc2)cc1. The summed E-state index contributed by atoms with van der Waals surface area (Å²) >= 11 is 1.22. The molecule has 0 radical (unpaired) electrons. The van der Waals surface area contributed by atoms with E-state index in [9.17, 15) is 27.9 Å². The molecule has 4 nitrogen and oxygen atoms in total. The van der Waals surface area contributed by atoms with Crippen molar-refractivity contribution in [3.05, 3.63) is 70.8 Å². The Hall–Kier alpha value is -2.48. The second-order valence-corrected chi connectivity index (χ2v) is 7.35. The summed E-state index contributed by atoms with van der Waals surface area (Å²) in [6.07, 6.45) is -4.46. The molecule has 1 aliphatic heterocycles. The van der Waals surface area contributed by atoms with Crippen molar-refractivity contribution in [1.29, 1.82) is 0 Å². The number of aryl methyl sites for hydroxylation is 1. The average Bonchev–Trinajstić information content (AvgIpc) is 3.06. The highest BCUT2D eigenvalue weighted by atomic mass is 32.2. The topological polar surface area (TPSA) is 57.6 Å².